The molecule has 0 saturated carbocycles. The average Bonchev–Trinajstić information content (AvgIpc) is 2.44. The second kappa shape index (κ2) is 6.14. The molecule has 0 aliphatic carbocycles. The Morgan fingerprint density at radius 3 is 2.55 bits per heavy atom. The highest BCUT2D eigenvalue weighted by Gasteiger charge is 2.08. The van der Waals surface area contributed by atoms with Crippen LogP contribution in [0.2, 0.25) is 0 Å². The second-order valence-corrected chi connectivity index (χ2v) is 4.25. The van der Waals surface area contributed by atoms with Crippen molar-refractivity contribution in [2.24, 2.45) is 0 Å². The van der Waals surface area contributed by atoms with Gasteiger partial charge in [0.15, 0.2) is 0 Å². The third-order valence-electron chi connectivity index (χ3n) is 2.61. The SMILES string of the molecule is CCOC(=O)c1ccc(Oc2nc(C)cnc2C)cc1. The molecule has 0 bridgehead atoms. The summed E-state index contributed by atoms with van der Waals surface area (Å²) in [6, 6.07) is 6.73. The minimum absolute atomic E-state index is 0.342. The average molecular weight is 272 g/mol. The zero-order chi connectivity index (χ0) is 14.5. The first-order valence-corrected chi connectivity index (χ1v) is 6.35. The molecule has 0 fully saturated rings. The van der Waals surface area contributed by atoms with Crippen LogP contribution in [0.15, 0.2) is 30.5 Å². The number of hydrogen-bond donors (Lipinski definition) is 0. The standard InChI is InChI=1S/C15H16N2O3/c1-4-19-15(18)12-5-7-13(8-6-12)20-14-11(3)16-9-10(2)17-14/h5-9H,4H2,1-3H3. The Kier molecular flexibility index (Phi) is 4.30. The summed E-state index contributed by atoms with van der Waals surface area (Å²) in [5.74, 6) is 0.723. The molecular weight excluding hydrogens is 256 g/mol. The molecule has 5 heteroatoms. The van der Waals surface area contributed by atoms with Gasteiger partial charge in [-0.25, -0.2) is 9.78 Å². The molecule has 1 heterocycles. The van der Waals surface area contributed by atoms with Gasteiger partial charge in [0.2, 0.25) is 5.88 Å². The van der Waals surface area contributed by atoms with Crippen LogP contribution < -0.4 is 4.74 Å². The Hall–Kier alpha value is -2.43. The topological polar surface area (TPSA) is 61.3 Å². The highest BCUT2D eigenvalue weighted by molar-refractivity contribution is 5.89. The molecule has 0 atom stereocenters. The van der Waals surface area contributed by atoms with Crippen molar-refractivity contribution in [2.75, 3.05) is 6.61 Å². The first-order valence-electron chi connectivity index (χ1n) is 6.35. The van der Waals surface area contributed by atoms with Gasteiger partial charge >= 0.3 is 5.97 Å². The molecule has 0 aliphatic rings. The van der Waals surface area contributed by atoms with Crippen molar-refractivity contribution in [3.05, 3.63) is 47.4 Å². The van der Waals surface area contributed by atoms with Crippen LogP contribution in [0.1, 0.15) is 28.7 Å². The molecule has 5 nitrogen and oxygen atoms in total. The number of ether oxygens (including phenoxy) is 2. The number of carbonyl (C=O) groups excluding carboxylic acids is 1. The van der Waals surface area contributed by atoms with Gasteiger partial charge in [-0.3, -0.25) is 4.98 Å². The normalized spacial score (nSPS) is 10.2. The maximum atomic E-state index is 11.5. The number of carbonyl (C=O) groups is 1. The minimum atomic E-state index is -0.342. The summed E-state index contributed by atoms with van der Waals surface area (Å²) >= 11 is 0. The Morgan fingerprint density at radius 2 is 1.90 bits per heavy atom. The summed E-state index contributed by atoms with van der Waals surface area (Å²) in [5.41, 5.74) is 1.99. The van der Waals surface area contributed by atoms with Crippen molar-refractivity contribution in [1.82, 2.24) is 9.97 Å². The van der Waals surface area contributed by atoms with Crippen LogP contribution >= 0.6 is 0 Å². The van der Waals surface area contributed by atoms with E-state index >= 15 is 0 Å². The van der Waals surface area contributed by atoms with Crippen LogP contribution in [0.4, 0.5) is 0 Å². The van der Waals surface area contributed by atoms with E-state index in [0.29, 0.717) is 29.5 Å². The number of esters is 1. The van der Waals surface area contributed by atoms with Crippen LogP contribution in [-0.4, -0.2) is 22.5 Å². The Balaban J connectivity index is 2.14. The number of rotatable bonds is 4. The summed E-state index contributed by atoms with van der Waals surface area (Å²) in [7, 11) is 0. The summed E-state index contributed by atoms with van der Waals surface area (Å²) < 4.78 is 10.6. The van der Waals surface area contributed by atoms with Gasteiger partial charge in [0.05, 0.1) is 23.6 Å². The van der Waals surface area contributed by atoms with Gasteiger partial charge in [0, 0.05) is 6.20 Å². The Bertz CT molecular complexity index is 609. The van der Waals surface area contributed by atoms with Crippen molar-refractivity contribution in [3.63, 3.8) is 0 Å². The third-order valence-corrected chi connectivity index (χ3v) is 2.61. The maximum Gasteiger partial charge on any atom is 0.338 e. The van der Waals surface area contributed by atoms with E-state index in [4.69, 9.17) is 9.47 Å². The fourth-order valence-corrected chi connectivity index (χ4v) is 1.60. The Morgan fingerprint density at radius 1 is 1.20 bits per heavy atom. The molecule has 0 N–H and O–H groups in total. The van der Waals surface area contributed by atoms with E-state index < -0.39 is 0 Å². The number of nitrogens with zero attached hydrogens (tertiary/aromatic N) is 2. The van der Waals surface area contributed by atoms with E-state index in [2.05, 4.69) is 9.97 Å². The molecule has 104 valence electrons. The second-order valence-electron chi connectivity index (χ2n) is 4.25. The first kappa shape index (κ1) is 14.0. The fraction of sp³-hybridized carbons (Fsp3) is 0.267. The minimum Gasteiger partial charge on any atom is -0.462 e. The quantitative estimate of drug-likeness (QED) is 0.800. The molecule has 0 amide bonds. The van der Waals surface area contributed by atoms with Crippen LogP contribution in [0.5, 0.6) is 11.6 Å². The van der Waals surface area contributed by atoms with Crippen LogP contribution in [0.25, 0.3) is 0 Å². The van der Waals surface area contributed by atoms with Crippen molar-refractivity contribution >= 4 is 5.97 Å². The molecule has 2 aromatic rings. The third kappa shape index (κ3) is 3.32. The molecule has 0 aliphatic heterocycles. The summed E-state index contributed by atoms with van der Waals surface area (Å²) in [4.78, 5) is 20.0. The van der Waals surface area contributed by atoms with Crippen LogP contribution in [0.3, 0.4) is 0 Å². The zero-order valence-electron chi connectivity index (χ0n) is 11.7. The van der Waals surface area contributed by atoms with Gasteiger partial charge in [-0.15, -0.1) is 0 Å². The van der Waals surface area contributed by atoms with Gasteiger partial charge in [-0.05, 0) is 45.0 Å². The highest BCUT2D eigenvalue weighted by Crippen LogP contribution is 2.22. The van der Waals surface area contributed by atoms with Crippen molar-refractivity contribution in [3.8, 4) is 11.6 Å². The van der Waals surface area contributed by atoms with E-state index in [9.17, 15) is 4.79 Å². The van der Waals surface area contributed by atoms with Crippen molar-refractivity contribution in [1.29, 1.82) is 0 Å². The molecule has 0 unspecified atom stereocenters. The van der Waals surface area contributed by atoms with Crippen LogP contribution in [-0.2, 0) is 4.74 Å². The first-order chi connectivity index (χ1) is 9.60. The van der Waals surface area contributed by atoms with Gasteiger partial charge in [-0.2, -0.15) is 0 Å². The predicted octanol–water partition coefficient (Wildman–Crippen LogP) is 3.06. The van der Waals surface area contributed by atoms with Crippen molar-refractivity contribution < 1.29 is 14.3 Å². The number of hydrogen-bond acceptors (Lipinski definition) is 5. The lowest BCUT2D eigenvalue weighted by Gasteiger charge is -2.08. The zero-order valence-corrected chi connectivity index (χ0v) is 11.7. The monoisotopic (exact) mass is 272 g/mol. The number of aromatic nitrogens is 2. The largest absolute Gasteiger partial charge is 0.462 e. The van der Waals surface area contributed by atoms with E-state index in [1.165, 1.54) is 0 Å². The molecule has 20 heavy (non-hydrogen) atoms. The van der Waals surface area contributed by atoms with E-state index in [-0.39, 0.29) is 5.97 Å². The predicted molar refractivity (Wildman–Crippen MR) is 74.0 cm³/mol. The number of aryl methyl sites for hydroxylation is 2. The number of benzene rings is 1. The van der Waals surface area contributed by atoms with Gasteiger partial charge in [-0.1, -0.05) is 0 Å². The molecule has 1 aromatic carbocycles. The summed E-state index contributed by atoms with van der Waals surface area (Å²) in [6.07, 6.45) is 1.69. The van der Waals surface area contributed by atoms with E-state index in [0.717, 1.165) is 5.69 Å². The fourth-order valence-electron chi connectivity index (χ4n) is 1.60. The van der Waals surface area contributed by atoms with Gasteiger partial charge < -0.3 is 9.47 Å². The molecular formula is C15H16N2O3. The highest BCUT2D eigenvalue weighted by atomic mass is 16.5. The lowest BCUT2D eigenvalue weighted by molar-refractivity contribution is 0.0526. The maximum absolute atomic E-state index is 11.5. The molecule has 0 saturated heterocycles. The Labute approximate surface area is 117 Å². The van der Waals surface area contributed by atoms with E-state index in [1.54, 1.807) is 37.4 Å². The molecule has 2 rings (SSSR count). The van der Waals surface area contributed by atoms with Gasteiger partial charge in [0.1, 0.15) is 5.75 Å². The van der Waals surface area contributed by atoms with Crippen LogP contribution in [0, 0.1) is 13.8 Å². The smallest absolute Gasteiger partial charge is 0.338 e. The molecule has 0 spiro atoms. The summed E-state index contributed by atoms with van der Waals surface area (Å²) in [6.45, 7) is 5.81. The summed E-state index contributed by atoms with van der Waals surface area (Å²) in [5, 5.41) is 0. The van der Waals surface area contributed by atoms with Gasteiger partial charge in [0.25, 0.3) is 0 Å². The lowest BCUT2D eigenvalue weighted by atomic mass is 10.2. The molecule has 0 radical (unpaired) electrons. The lowest BCUT2D eigenvalue weighted by Crippen LogP contribution is -2.04. The van der Waals surface area contributed by atoms with E-state index in [1.807, 2.05) is 13.8 Å². The molecule has 1 aromatic heterocycles. The van der Waals surface area contributed by atoms with Crippen molar-refractivity contribution in [2.45, 2.75) is 20.8 Å².